The number of hydrogen-bond acceptors (Lipinski definition) is 0. The summed E-state index contributed by atoms with van der Waals surface area (Å²) in [6.07, 6.45) is 0.773. The van der Waals surface area contributed by atoms with Gasteiger partial charge in [0.25, 0.3) is 0 Å². The Labute approximate surface area is 459 Å². The molecule has 18 rings (SSSR count). The molecule has 4 aliphatic rings. The van der Waals surface area contributed by atoms with Crippen molar-refractivity contribution in [2.75, 3.05) is 0 Å². The van der Waals surface area contributed by atoms with Crippen molar-refractivity contribution in [3.05, 3.63) is 335 Å². The molecule has 0 nitrogen and oxygen atoms in total. The zero-order valence-electron chi connectivity index (χ0n) is 43.3. The van der Waals surface area contributed by atoms with Crippen LogP contribution in [0.4, 0.5) is 0 Å². The van der Waals surface area contributed by atoms with E-state index < -0.39 is 10.8 Å². The Balaban J connectivity index is 0.840. The molecule has 0 bridgehead atoms. The fourth-order valence-electron chi connectivity index (χ4n) is 16.1. The molecule has 4 aliphatic carbocycles. The van der Waals surface area contributed by atoms with Gasteiger partial charge in [-0.15, -0.1) is 0 Å². The monoisotopic (exact) mass is 996 g/mol. The topological polar surface area (TPSA) is 0 Å². The maximum absolute atomic E-state index is 2.56. The maximum Gasteiger partial charge on any atom is 0.0725 e. The third-order valence-corrected chi connectivity index (χ3v) is 19.0. The average Bonchev–Trinajstić information content (AvgIpc) is 3.50. The lowest BCUT2D eigenvalue weighted by Crippen LogP contribution is -2.25. The lowest BCUT2D eigenvalue weighted by molar-refractivity contribution is 0.794. The lowest BCUT2D eigenvalue weighted by atomic mass is 9.70. The largest absolute Gasteiger partial charge is 0.0725 e. The van der Waals surface area contributed by atoms with Gasteiger partial charge in [-0.25, -0.2) is 0 Å². The molecule has 0 saturated carbocycles. The third kappa shape index (κ3) is 5.43. The van der Waals surface area contributed by atoms with E-state index in [4.69, 9.17) is 0 Å². The summed E-state index contributed by atoms with van der Waals surface area (Å²) < 4.78 is 0. The second-order valence-corrected chi connectivity index (χ2v) is 22.4. The Morgan fingerprint density at radius 2 is 0.405 bits per heavy atom. The van der Waals surface area contributed by atoms with Gasteiger partial charge in [0.1, 0.15) is 0 Å². The minimum atomic E-state index is -0.422. The Morgan fingerprint density at radius 3 is 0.671 bits per heavy atom. The van der Waals surface area contributed by atoms with Crippen LogP contribution in [0.1, 0.15) is 55.6 Å². The SMILES string of the molecule is c1ccc2c(c1)-c1ccccc1C21c2ccccc2-c2ccc(-c3c4ccccc4c(Cc4c5ccccc5c(-c5ccc6c(c5)C5(c7ccccc7-c7ccccc75)c5ccccc5-6)c5ccccc45)c4ccccc34)cc21. The lowest BCUT2D eigenvalue weighted by Gasteiger charge is -2.31. The van der Waals surface area contributed by atoms with Crippen molar-refractivity contribution in [3.8, 4) is 66.8 Å². The zero-order chi connectivity index (χ0) is 51.6. The molecule has 2 spiro atoms. The van der Waals surface area contributed by atoms with Crippen LogP contribution in [0.2, 0.25) is 0 Å². The van der Waals surface area contributed by atoms with E-state index in [-0.39, 0.29) is 0 Å². The Bertz CT molecular complexity index is 4450. The molecule has 0 aromatic heterocycles. The smallest absolute Gasteiger partial charge is 0.0619 e. The van der Waals surface area contributed by atoms with E-state index in [1.165, 1.54) is 165 Å². The molecule has 0 N–H and O–H groups in total. The molecule has 364 valence electrons. The zero-order valence-corrected chi connectivity index (χ0v) is 43.3. The van der Waals surface area contributed by atoms with Crippen LogP contribution in [-0.4, -0.2) is 0 Å². The van der Waals surface area contributed by atoms with E-state index in [0.29, 0.717) is 0 Å². The Hall–Kier alpha value is -9.88. The van der Waals surface area contributed by atoms with Gasteiger partial charge in [0, 0.05) is 0 Å². The standard InChI is InChI=1S/C79H48/c1-5-31-62-50(21-1)66(51-22-2-6-32-63(51)76(62)48-41-43-60-58-29-13-19-39-72(58)78(74(60)45-48)68-35-15-9-25-54(68)55-26-10-16-36-69(55)78)47-67-52-23-3-7-33-64(52)77(65-34-8-4-24-53(65)67)49-42-44-61-59-30-14-20-40-73(59)79(75(61)46-49)70-37-17-11-27-56(70)57-28-12-18-38-71(57)79/h1-46H,47H2. The highest BCUT2D eigenvalue weighted by Crippen LogP contribution is 2.65. The summed E-state index contributed by atoms with van der Waals surface area (Å²) in [5.41, 5.74) is 28.4. The first kappa shape index (κ1) is 43.2. The first-order valence-corrected chi connectivity index (χ1v) is 28.0. The summed E-state index contributed by atoms with van der Waals surface area (Å²) in [7, 11) is 0. The molecule has 0 amide bonds. The van der Waals surface area contributed by atoms with Gasteiger partial charge in [-0.3, -0.25) is 0 Å². The van der Waals surface area contributed by atoms with Crippen molar-refractivity contribution in [1.82, 2.24) is 0 Å². The van der Waals surface area contributed by atoms with E-state index in [9.17, 15) is 0 Å². The van der Waals surface area contributed by atoms with Gasteiger partial charge in [-0.05, 0) is 184 Å². The third-order valence-electron chi connectivity index (χ3n) is 19.0. The van der Waals surface area contributed by atoms with Gasteiger partial charge in [0.2, 0.25) is 0 Å². The average molecular weight is 997 g/mol. The second kappa shape index (κ2) is 15.9. The Kier molecular flexibility index (Phi) is 8.68. The number of hydrogen-bond donors (Lipinski definition) is 0. The molecule has 0 unspecified atom stereocenters. The van der Waals surface area contributed by atoms with Gasteiger partial charge < -0.3 is 0 Å². The molecule has 0 heterocycles. The number of fused-ring (bicyclic) bond motifs is 24. The minimum Gasteiger partial charge on any atom is -0.0619 e. The van der Waals surface area contributed by atoms with Gasteiger partial charge in [0.05, 0.1) is 10.8 Å². The Morgan fingerprint density at radius 1 is 0.190 bits per heavy atom. The molecule has 0 saturated heterocycles. The number of rotatable bonds is 4. The molecule has 14 aromatic carbocycles. The van der Waals surface area contributed by atoms with Gasteiger partial charge in [0.15, 0.2) is 0 Å². The predicted octanol–water partition coefficient (Wildman–Crippen LogP) is 19.9. The molecule has 0 heteroatoms. The fourth-order valence-corrected chi connectivity index (χ4v) is 16.1. The first-order valence-electron chi connectivity index (χ1n) is 28.0. The fraction of sp³-hybridized carbons (Fsp3) is 0.0380. The normalized spacial score (nSPS) is 14.1. The van der Waals surface area contributed by atoms with E-state index >= 15 is 0 Å². The van der Waals surface area contributed by atoms with Crippen LogP contribution in [0.25, 0.3) is 110 Å². The van der Waals surface area contributed by atoms with E-state index in [1.807, 2.05) is 0 Å². The van der Waals surface area contributed by atoms with E-state index in [2.05, 4.69) is 279 Å². The van der Waals surface area contributed by atoms with Crippen LogP contribution in [-0.2, 0) is 17.3 Å². The van der Waals surface area contributed by atoms with E-state index in [0.717, 1.165) is 6.42 Å². The van der Waals surface area contributed by atoms with Crippen molar-refractivity contribution in [3.63, 3.8) is 0 Å². The second-order valence-electron chi connectivity index (χ2n) is 22.4. The molecular formula is C79H48. The summed E-state index contributed by atoms with van der Waals surface area (Å²) in [5, 5.41) is 10.3. The maximum atomic E-state index is 2.56. The van der Waals surface area contributed by atoms with Crippen LogP contribution in [0.5, 0.6) is 0 Å². The van der Waals surface area contributed by atoms with Crippen molar-refractivity contribution in [2.24, 2.45) is 0 Å². The summed E-state index contributed by atoms with van der Waals surface area (Å²) >= 11 is 0. The van der Waals surface area contributed by atoms with Crippen molar-refractivity contribution in [1.29, 1.82) is 0 Å². The summed E-state index contributed by atoms with van der Waals surface area (Å²) in [6, 6.07) is 106. The van der Waals surface area contributed by atoms with Crippen LogP contribution < -0.4 is 0 Å². The molecule has 0 atom stereocenters. The van der Waals surface area contributed by atoms with Gasteiger partial charge in [-0.1, -0.05) is 267 Å². The minimum absolute atomic E-state index is 0.422. The van der Waals surface area contributed by atoms with Crippen LogP contribution >= 0.6 is 0 Å². The molecule has 14 aromatic rings. The first-order chi connectivity index (χ1) is 39.2. The summed E-state index contributed by atoms with van der Waals surface area (Å²) in [5.74, 6) is 0. The van der Waals surface area contributed by atoms with Crippen molar-refractivity contribution >= 4 is 43.1 Å². The molecule has 0 radical (unpaired) electrons. The van der Waals surface area contributed by atoms with Crippen molar-refractivity contribution in [2.45, 2.75) is 17.3 Å². The molecule has 79 heavy (non-hydrogen) atoms. The summed E-state index contributed by atoms with van der Waals surface area (Å²) in [4.78, 5) is 0. The summed E-state index contributed by atoms with van der Waals surface area (Å²) in [6.45, 7) is 0. The van der Waals surface area contributed by atoms with Crippen molar-refractivity contribution < 1.29 is 0 Å². The van der Waals surface area contributed by atoms with Gasteiger partial charge >= 0.3 is 0 Å². The highest BCUT2D eigenvalue weighted by Gasteiger charge is 2.53. The van der Waals surface area contributed by atoms with Crippen LogP contribution in [0, 0.1) is 0 Å². The highest BCUT2D eigenvalue weighted by molar-refractivity contribution is 6.18. The van der Waals surface area contributed by atoms with Crippen LogP contribution in [0.15, 0.2) is 279 Å². The number of benzene rings is 14. The highest BCUT2D eigenvalue weighted by atomic mass is 14.5. The molecule has 0 aliphatic heterocycles. The predicted molar refractivity (Wildman–Crippen MR) is 329 cm³/mol. The van der Waals surface area contributed by atoms with Crippen LogP contribution in [0.3, 0.4) is 0 Å². The van der Waals surface area contributed by atoms with E-state index in [1.54, 1.807) is 0 Å². The van der Waals surface area contributed by atoms with Gasteiger partial charge in [-0.2, -0.15) is 0 Å². The molecule has 0 fully saturated rings. The molecular weight excluding hydrogens is 949 g/mol. The quantitative estimate of drug-likeness (QED) is 0.154.